The standard InChI is InChI=1S/C21H22Cl2N4OS/c1-13-5-7-17(9-14(13)2)27-12-24-25-21(27)29-11-20(28)26(4)15(3)18-8-6-16(22)10-19(18)23/h5-10,12,15H,11H2,1-4H3. The molecule has 2 aromatic carbocycles. The Kier molecular flexibility index (Phi) is 6.88. The summed E-state index contributed by atoms with van der Waals surface area (Å²) in [6.45, 7) is 6.08. The molecule has 0 N–H and O–H groups in total. The van der Waals surface area contributed by atoms with Crippen LogP contribution in [-0.4, -0.2) is 38.4 Å². The van der Waals surface area contributed by atoms with Crippen LogP contribution in [0.3, 0.4) is 0 Å². The van der Waals surface area contributed by atoms with Gasteiger partial charge in [-0.3, -0.25) is 9.36 Å². The minimum Gasteiger partial charge on any atom is -0.338 e. The lowest BCUT2D eigenvalue weighted by Crippen LogP contribution is -2.31. The first-order valence-electron chi connectivity index (χ1n) is 9.09. The quantitative estimate of drug-likeness (QED) is 0.466. The fourth-order valence-electron chi connectivity index (χ4n) is 2.87. The second-order valence-electron chi connectivity index (χ2n) is 6.89. The Balaban J connectivity index is 1.69. The molecular weight excluding hydrogens is 427 g/mol. The van der Waals surface area contributed by atoms with Crippen LogP contribution in [-0.2, 0) is 4.79 Å². The van der Waals surface area contributed by atoms with Gasteiger partial charge in [0.05, 0.1) is 11.8 Å². The van der Waals surface area contributed by atoms with Crippen molar-refractivity contribution in [2.45, 2.75) is 32.0 Å². The number of halogens is 2. The number of benzene rings is 2. The predicted octanol–water partition coefficient (Wildman–Crippen LogP) is 5.50. The van der Waals surface area contributed by atoms with Gasteiger partial charge in [0, 0.05) is 22.8 Å². The highest BCUT2D eigenvalue weighted by molar-refractivity contribution is 7.99. The summed E-state index contributed by atoms with van der Waals surface area (Å²) in [4.78, 5) is 14.4. The van der Waals surface area contributed by atoms with Gasteiger partial charge >= 0.3 is 0 Å². The smallest absolute Gasteiger partial charge is 0.233 e. The fourth-order valence-corrected chi connectivity index (χ4v) is 4.29. The van der Waals surface area contributed by atoms with Crippen molar-refractivity contribution >= 4 is 40.9 Å². The van der Waals surface area contributed by atoms with E-state index in [1.54, 1.807) is 30.4 Å². The van der Waals surface area contributed by atoms with Crippen LogP contribution < -0.4 is 0 Å². The Hall–Kier alpha value is -2.02. The van der Waals surface area contributed by atoms with Gasteiger partial charge in [-0.15, -0.1) is 10.2 Å². The summed E-state index contributed by atoms with van der Waals surface area (Å²) in [5.74, 6) is 0.221. The number of carbonyl (C=O) groups excluding carboxylic acids is 1. The number of aryl methyl sites for hydroxylation is 2. The maximum absolute atomic E-state index is 12.8. The molecule has 5 nitrogen and oxygen atoms in total. The van der Waals surface area contributed by atoms with E-state index in [1.165, 1.54) is 22.9 Å². The van der Waals surface area contributed by atoms with Gasteiger partial charge < -0.3 is 4.90 Å². The monoisotopic (exact) mass is 448 g/mol. The molecule has 1 unspecified atom stereocenters. The Labute approximate surface area is 185 Å². The van der Waals surface area contributed by atoms with Gasteiger partial charge in [0.25, 0.3) is 0 Å². The fraction of sp³-hybridized carbons (Fsp3) is 0.286. The van der Waals surface area contributed by atoms with E-state index in [1.807, 2.05) is 23.6 Å². The van der Waals surface area contributed by atoms with Crippen LogP contribution in [0.15, 0.2) is 47.9 Å². The first-order valence-corrected chi connectivity index (χ1v) is 10.8. The lowest BCUT2D eigenvalue weighted by Gasteiger charge is -2.26. The average molecular weight is 449 g/mol. The van der Waals surface area contributed by atoms with Gasteiger partial charge in [0.15, 0.2) is 5.16 Å². The number of hydrogen-bond donors (Lipinski definition) is 0. The van der Waals surface area contributed by atoms with E-state index in [4.69, 9.17) is 23.2 Å². The topological polar surface area (TPSA) is 51.0 Å². The Bertz CT molecular complexity index is 1040. The number of nitrogens with zero attached hydrogens (tertiary/aromatic N) is 4. The van der Waals surface area contributed by atoms with Crippen LogP contribution in [0.1, 0.15) is 29.7 Å². The van der Waals surface area contributed by atoms with Crippen molar-refractivity contribution in [1.82, 2.24) is 19.7 Å². The number of rotatable bonds is 6. The van der Waals surface area contributed by atoms with E-state index in [0.29, 0.717) is 15.2 Å². The predicted molar refractivity (Wildman–Crippen MR) is 119 cm³/mol. The molecule has 1 heterocycles. The van der Waals surface area contributed by atoms with E-state index in [0.717, 1.165) is 11.3 Å². The van der Waals surface area contributed by atoms with Gasteiger partial charge in [-0.1, -0.05) is 47.1 Å². The normalized spacial score (nSPS) is 12.1. The van der Waals surface area contributed by atoms with Crippen LogP contribution in [0.25, 0.3) is 5.69 Å². The minimum absolute atomic E-state index is 0.0249. The highest BCUT2D eigenvalue weighted by Crippen LogP contribution is 2.30. The summed E-state index contributed by atoms with van der Waals surface area (Å²) in [5, 5.41) is 9.98. The molecule has 3 rings (SSSR count). The summed E-state index contributed by atoms with van der Waals surface area (Å²) in [6.07, 6.45) is 1.66. The third-order valence-electron chi connectivity index (χ3n) is 5.00. The zero-order valence-electron chi connectivity index (χ0n) is 16.7. The second kappa shape index (κ2) is 9.20. The summed E-state index contributed by atoms with van der Waals surface area (Å²) in [5.41, 5.74) is 4.25. The van der Waals surface area contributed by atoms with Crippen molar-refractivity contribution < 1.29 is 4.79 Å². The van der Waals surface area contributed by atoms with Gasteiger partial charge in [0.2, 0.25) is 5.91 Å². The van der Waals surface area contributed by atoms with Gasteiger partial charge in [-0.25, -0.2) is 0 Å². The summed E-state index contributed by atoms with van der Waals surface area (Å²) in [6, 6.07) is 11.3. The van der Waals surface area contributed by atoms with Crippen molar-refractivity contribution in [3.8, 4) is 5.69 Å². The number of hydrogen-bond acceptors (Lipinski definition) is 4. The molecule has 0 fully saturated rings. The van der Waals surface area contributed by atoms with Crippen LogP contribution in [0.5, 0.6) is 0 Å². The van der Waals surface area contributed by atoms with E-state index in [9.17, 15) is 4.79 Å². The van der Waals surface area contributed by atoms with Crippen molar-refractivity contribution in [3.63, 3.8) is 0 Å². The molecule has 0 spiro atoms. The molecule has 3 aromatic rings. The maximum atomic E-state index is 12.8. The van der Waals surface area contributed by atoms with Crippen LogP contribution >= 0.6 is 35.0 Å². The second-order valence-corrected chi connectivity index (χ2v) is 8.67. The van der Waals surface area contributed by atoms with Crippen LogP contribution in [0.4, 0.5) is 0 Å². The van der Waals surface area contributed by atoms with Crippen molar-refractivity contribution in [2.24, 2.45) is 0 Å². The number of aromatic nitrogens is 3. The van der Waals surface area contributed by atoms with Gasteiger partial charge in [-0.05, 0) is 61.7 Å². The molecule has 1 atom stereocenters. The summed E-state index contributed by atoms with van der Waals surface area (Å²) in [7, 11) is 1.77. The molecule has 0 saturated heterocycles. The highest BCUT2D eigenvalue weighted by atomic mass is 35.5. The SMILES string of the molecule is Cc1ccc(-n2cnnc2SCC(=O)N(C)C(C)c2ccc(Cl)cc2Cl)cc1C. The molecule has 8 heteroatoms. The molecule has 0 saturated carbocycles. The molecule has 1 aromatic heterocycles. The molecular formula is C21H22Cl2N4OS. The summed E-state index contributed by atoms with van der Waals surface area (Å²) < 4.78 is 1.89. The summed E-state index contributed by atoms with van der Waals surface area (Å²) >= 11 is 13.6. The first kappa shape index (κ1) is 21.7. The number of thioether (sulfide) groups is 1. The molecule has 0 aliphatic carbocycles. The lowest BCUT2D eigenvalue weighted by atomic mass is 10.1. The molecule has 0 aliphatic rings. The van der Waals surface area contributed by atoms with Crippen molar-refractivity contribution in [2.75, 3.05) is 12.8 Å². The maximum Gasteiger partial charge on any atom is 0.233 e. The Morgan fingerprint density at radius 1 is 1.17 bits per heavy atom. The van der Waals surface area contributed by atoms with E-state index in [-0.39, 0.29) is 17.7 Å². The van der Waals surface area contributed by atoms with Crippen LogP contribution in [0.2, 0.25) is 10.0 Å². The molecule has 0 bridgehead atoms. The van der Waals surface area contributed by atoms with Crippen molar-refractivity contribution in [3.05, 3.63) is 69.5 Å². The largest absolute Gasteiger partial charge is 0.338 e. The minimum atomic E-state index is -0.175. The lowest BCUT2D eigenvalue weighted by molar-refractivity contribution is -0.128. The third kappa shape index (κ3) is 4.94. The van der Waals surface area contributed by atoms with Gasteiger partial charge in [-0.2, -0.15) is 0 Å². The van der Waals surface area contributed by atoms with E-state index in [2.05, 4.69) is 36.2 Å². The Morgan fingerprint density at radius 3 is 2.62 bits per heavy atom. The molecule has 1 amide bonds. The molecule has 0 radical (unpaired) electrons. The third-order valence-corrected chi connectivity index (χ3v) is 6.49. The molecule has 152 valence electrons. The average Bonchev–Trinajstić information content (AvgIpc) is 3.15. The molecule has 0 aliphatic heterocycles. The Morgan fingerprint density at radius 2 is 1.93 bits per heavy atom. The van der Waals surface area contributed by atoms with E-state index >= 15 is 0 Å². The first-order chi connectivity index (χ1) is 13.8. The highest BCUT2D eigenvalue weighted by Gasteiger charge is 2.21. The zero-order valence-corrected chi connectivity index (χ0v) is 19.0. The van der Waals surface area contributed by atoms with Crippen LogP contribution in [0, 0.1) is 13.8 Å². The number of amides is 1. The molecule has 29 heavy (non-hydrogen) atoms. The van der Waals surface area contributed by atoms with Gasteiger partial charge in [0.1, 0.15) is 6.33 Å². The van der Waals surface area contributed by atoms with E-state index < -0.39 is 0 Å². The van der Waals surface area contributed by atoms with Crippen molar-refractivity contribution in [1.29, 1.82) is 0 Å². The number of carbonyl (C=O) groups is 1. The zero-order chi connectivity index (χ0) is 21.1.